The van der Waals surface area contributed by atoms with Gasteiger partial charge >= 0.3 is 29.2 Å². The Kier molecular flexibility index (Phi) is 6.18. The molecule has 1 aromatic rings. The minimum absolute atomic E-state index is 0.0829. The second-order valence-corrected chi connectivity index (χ2v) is 11.3. The van der Waals surface area contributed by atoms with Crippen LogP contribution < -0.4 is 11.4 Å². The van der Waals surface area contributed by atoms with E-state index in [1.807, 2.05) is 0 Å². The van der Waals surface area contributed by atoms with E-state index in [0.29, 0.717) is 0 Å². The van der Waals surface area contributed by atoms with Crippen molar-refractivity contribution in [3.63, 3.8) is 0 Å². The van der Waals surface area contributed by atoms with Gasteiger partial charge in [-0.1, -0.05) is 0 Å². The fraction of sp³-hybridized carbons (Fsp3) is 0.636. The predicted octanol–water partition coefficient (Wildman–Crippen LogP) is -1.41. The Balaban J connectivity index is 1.76. The molecule has 2 fully saturated rings. The molecule has 7 N–H and O–H groups in total. The molecule has 2 saturated heterocycles. The van der Waals surface area contributed by atoms with Gasteiger partial charge < -0.3 is 39.9 Å². The molecule has 3 heterocycles. The molecular formula is C11H18N3O14P3. The van der Waals surface area contributed by atoms with Crippen molar-refractivity contribution >= 4 is 29.3 Å². The number of ether oxygens (including phenoxy) is 2. The van der Waals surface area contributed by atoms with E-state index in [9.17, 15) is 33.4 Å². The molecule has 20 heteroatoms. The summed E-state index contributed by atoms with van der Waals surface area (Å²) in [4.78, 5) is 51.5. The number of rotatable bonds is 8. The second-order valence-electron chi connectivity index (χ2n) is 6.86. The lowest BCUT2D eigenvalue weighted by Crippen LogP contribution is -2.64. The molecule has 2 aliphatic rings. The number of nitrogen functional groups attached to an aromatic ring is 1. The summed E-state index contributed by atoms with van der Waals surface area (Å²) in [5, 5.41) is 10.8. The van der Waals surface area contributed by atoms with Crippen LogP contribution in [0.2, 0.25) is 0 Å². The molecule has 3 rings (SSSR count). The van der Waals surface area contributed by atoms with Crippen molar-refractivity contribution < 1.29 is 61.0 Å². The highest BCUT2D eigenvalue weighted by Gasteiger charge is 2.69. The molecule has 17 nitrogen and oxygen atoms in total. The smallest absolute Gasteiger partial charge is 0.383 e. The Morgan fingerprint density at radius 3 is 2.42 bits per heavy atom. The lowest BCUT2D eigenvalue weighted by atomic mass is 9.84. The van der Waals surface area contributed by atoms with Crippen LogP contribution in [0.3, 0.4) is 0 Å². The molecule has 31 heavy (non-hydrogen) atoms. The summed E-state index contributed by atoms with van der Waals surface area (Å²) < 4.78 is 57.7. The molecule has 0 spiro atoms. The maximum atomic E-state index is 12.1. The number of nitrogens with two attached hydrogens (primary N) is 1. The number of aromatic nitrogens is 2. The third-order valence-electron chi connectivity index (χ3n) is 4.34. The van der Waals surface area contributed by atoms with Crippen molar-refractivity contribution in [1.29, 1.82) is 0 Å². The minimum Gasteiger partial charge on any atom is -0.383 e. The van der Waals surface area contributed by atoms with Crippen molar-refractivity contribution in [3.8, 4) is 0 Å². The first-order valence-corrected chi connectivity index (χ1v) is 12.6. The van der Waals surface area contributed by atoms with E-state index in [1.165, 1.54) is 19.2 Å². The van der Waals surface area contributed by atoms with Gasteiger partial charge in [-0.25, -0.2) is 18.5 Å². The van der Waals surface area contributed by atoms with E-state index in [-0.39, 0.29) is 12.4 Å². The quantitative estimate of drug-likeness (QED) is 0.220. The van der Waals surface area contributed by atoms with Crippen LogP contribution in [0.4, 0.5) is 5.82 Å². The van der Waals surface area contributed by atoms with Gasteiger partial charge in [0.05, 0.1) is 13.2 Å². The first-order chi connectivity index (χ1) is 14.0. The van der Waals surface area contributed by atoms with Crippen LogP contribution in [0.5, 0.6) is 0 Å². The second kappa shape index (κ2) is 7.78. The summed E-state index contributed by atoms with van der Waals surface area (Å²) >= 11 is 0. The van der Waals surface area contributed by atoms with Crippen molar-refractivity contribution in [2.45, 2.75) is 30.5 Å². The summed E-state index contributed by atoms with van der Waals surface area (Å²) in [6.45, 7) is 0.124. The maximum absolute atomic E-state index is 12.1. The van der Waals surface area contributed by atoms with Gasteiger partial charge in [0.2, 0.25) is 0 Å². The van der Waals surface area contributed by atoms with E-state index in [4.69, 9.17) is 25.0 Å². The standard InChI is InChI=1S/C11H18N3O14P3/c1-10(16)7-11(4-24-7,26-8(10)14-3-2-6(12)13-9(14)15)5-25-30(20,21)28-31(22,23)27-29(17,18)19/h2-3,7-8,16H,4-5H2,1H3,(H,20,21)(H,22,23)(H2,12,13,15)(H2,17,18,19)/t7-,8+,10+,11+/m0/s1. The zero-order valence-corrected chi connectivity index (χ0v) is 18.1. The molecule has 0 bridgehead atoms. The molecule has 1 aromatic heterocycles. The van der Waals surface area contributed by atoms with Gasteiger partial charge in [0.1, 0.15) is 23.1 Å². The van der Waals surface area contributed by atoms with Crippen LogP contribution in [-0.2, 0) is 36.3 Å². The highest BCUT2D eigenvalue weighted by Crippen LogP contribution is 2.66. The van der Waals surface area contributed by atoms with Crippen LogP contribution in [0, 0.1) is 0 Å². The molecule has 6 atom stereocenters. The lowest BCUT2D eigenvalue weighted by Gasteiger charge is -2.45. The Morgan fingerprint density at radius 2 is 1.90 bits per heavy atom. The first-order valence-electron chi connectivity index (χ1n) is 8.11. The summed E-state index contributed by atoms with van der Waals surface area (Å²) in [6, 6.07) is 1.26. The van der Waals surface area contributed by atoms with E-state index in [0.717, 1.165) is 4.57 Å². The van der Waals surface area contributed by atoms with Crippen LogP contribution in [-0.4, -0.2) is 64.8 Å². The number of phosphoric acid groups is 3. The maximum Gasteiger partial charge on any atom is 0.490 e. The summed E-state index contributed by atoms with van der Waals surface area (Å²) in [7, 11) is -16.7. The Labute approximate surface area is 172 Å². The first kappa shape index (κ1) is 24.6. The van der Waals surface area contributed by atoms with Gasteiger partial charge in [0.15, 0.2) is 6.23 Å². The molecule has 2 aliphatic heterocycles. The van der Waals surface area contributed by atoms with Crippen LogP contribution in [0.25, 0.3) is 0 Å². The molecule has 0 saturated carbocycles. The molecule has 0 aliphatic carbocycles. The monoisotopic (exact) mass is 509 g/mol. The number of hydrogen-bond donors (Lipinski definition) is 6. The van der Waals surface area contributed by atoms with E-state index >= 15 is 0 Å². The summed E-state index contributed by atoms with van der Waals surface area (Å²) in [5.41, 5.74) is 1.10. The zero-order chi connectivity index (χ0) is 23.5. The predicted molar refractivity (Wildman–Crippen MR) is 95.9 cm³/mol. The molecule has 0 amide bonds. The molecule has 0 aromatic carbocycles. The van der Waals surface area contributed by atoms with Gasteiger partial charge in [-0.05, 0) is 13.0 Å². The minimum atomic E-state index is -5.70. The van der Waals surface area contributed by atoms with Gasteiger partial charge in [0.25, 0.3) is 0 Å². The van der Waals surface area contributed by atoms with Crippen molar-refractivity contribution in [3.05, 3.63) is 22.7 Å². The number of aliphatic hydroxyl groups is 1. The van der Waals surface area contributed by atoms with Crippen LogP contribution in [0.1, 0.15) is 13.2 Å². The Hall–Kier alpha value is -1.03. The molecule has 0 radical (unpaired) electrons. The molecule has 176 valence electrons. The number of nitrogens with zero attached hydrogens (tertiary/aromatic N) is 2. The van der Waals surface area contributed by atoms with Gasteiger partial charge in [-0.3, -0.25) is 9.09 Å². The molecule has 2 unspecified atom stereocenters. The number of fused-ring (bicyclic) bond motifs is 1. The Bertz CT molecular complexity index is 1070. The van der Waals surface area contributed by atoms with E-state index in [2.05, 4.69) is 18.1 Å². The zero-order valence-electron chi connectivity index (χ0n) is 15.4. The van der Waals surface area contributed by atoms with Crippen LogP contribution in [0.15, 0.2) is 17.1 Å². The average molecular weight is 509 g/mol. The van der Waals surface area contributed by atoms with Gasteiger partial charge in [-0.15, -0.1) is 0 Å². The fourth-order valence-corrected chi connectivity index (χ4v) is 6.29. The van der Waals surface area contributed by atoms with Gasteiger partial charge in [0, 0.05) is 6.20 Å². The topological polar surface area (TPSA) is 259 Å². The van der Waals surface area contributed by atoms with Crippen molar-refractivity contribution in [1.82, 2.24) is 9.55 Å². The largest absolute Gasteiger partial charge is 0.490 e. The number of phosphoric ester groups is 1. The summed E-state index contributed by atoms with van der Waals surface area (Å²) in [6.07, 6.45) is -1.36. The normalized spacial score (nSPS) is 34.4. The van der Waals surface area contributed by atoms with E-state index < -0.39 is 59.3 Å². The summed E-state index contributed by atoms with van der Waals surface area (Å²) in [5.74, 6) is -0.0829. The highest BCUT2D eigenvalue weighted by molar-refractivity contribution is 7.66. The third kappa shape index (κ3) is 5.15. The van der Waals surface area contributed by atoms with E-state index in [1.54, 1.807) is 0 Å². The Morgan fingerprint density at radius 1 is 1.26 bits per heavy atom. The number of hydrogen-bond acceptors (Lipinski definition) is 12. The lowest BCUT2D eigenvalue weighted by molar-refractivity contribution is -0.250. The number of anilines is 1. The van der Waals surface area contributed by atoms with Crippen molar-refractivity contribution in [2.24, 2.45) is 0 Å². The fourth-order valence-electron chi connectivity index (χ4n) is 3.21. The average Bonchev–Trinajstić information content (AvgIpc) is 2.65. The highest BCUT2D eigenvalue weighted by atomic mass is 31.3. The van der Waals surface area contributed by atoms with Gasteiger partial charge in [-0.2, -0.15) is 13.6 Å². The molecular weight excluding hydrogens is 491 g/mol. The SMILES string of the molecule is C[C@@]1(O)[C@@H]2OC[C@]2(COP(=O)(O)OP(=O)(O)OP(=O)(O)O)O[C@H]1n1ccc(N)nc1=O. The van der Waals surface area contributed by atoms with Crippen molar-refractivity contribution in [2.75, 3.05) is 18.9 Å². The third-order valence-corrected chi connectivity index (χ3v) is 8.12. The van der Waals surface area contributed by atoms with Crippen LogP contribution >= 0.6 is 23.5 Å².